The number of hydrogen-bond acceptors (Lipinski definition) is 2. The second kappa shape index (κ2) is 5.37. The summed E-state index contributed by atoms with van der Waals surface area (Å²) in [4.78, 5) is 0. The van der Waals surface area contributed by atoms with E-state index in [4.69, 9.17) is 9.47 Å². The minimum absolute atomic E-state index is 0.333. The van der Waals surface area contributed by atoms with Crippen molar-refractivity contribution < 1.29 is 9.47 Å². The zero-order chi connectivity index (χ0) is 14.3. The van der Waals surface area contributed by atoms with E-state index in [0.717, 1.165) is 19.6 Å². The topological polar surface area (TPSA) is 18.5 Å². The monoisotopic (exact) mass is 268 g/mol. The van der Waals surface area contributed by atoms with Gasteiger partial charge in [-0.2, -0.15) is 0 Å². The van der Waals surface area contributed by atoms with Crippen LogP contribution in [0.1, 0.15) is 60.8 Å². The van der Waals surface area contributed by atoms with Crippen molar-refractivity contribution in [2.45, 2.75) is 73.0 Å². The van der Waals surface area contributed by atoms with Crippen molar-refractivity contribution in [3.8, 4) is 0 Å². The fourth-order valence-corrected chi connectivity index (χ4v) is 3.70. The minimum atomic E-state index is 0.333. The minimum Gasteiger partial charge on any atom is -0.375 e. The highest BCUT2D eigenvalue weighted by Crippen LogP contribution is 2.49. The first-order valence-corrected chi connectivity index (χ1v) is 8.02. The van der Waals surface area contributed by atoms with Crippen LogP contribution < -0.4 is 0 Å². The lowest BCUT2D eigenvalue weighted by molar-refractivity contribution is -0.0877. The second-order valence-electron chi connectivity index (χ2n) is 8.03. The molecule has 0 amide bonds. The second-order valence-corrected chi connectivity index (χ2v) is 8.03. The predicted molar refractivity (Wildman–Crippen MR) is 79.2 cm³/mol. The molecule has 2 rings (SSSR count). The maximum atomic E-state index is 6.06. The zero-order valence-electron chi connectivity index (χ0n) is 13.7. The van der Waals surface area contributed by atoms with Crippen molar-refractivity contribution >= 4 is 0 Å². The lowest BCUT2D eigenvalue weighted by Gasteiger charge is -2.44. The van der Waals surface area contributed by atoms with Crippen molar-refractivity contribution in [1.29, 1.82) is 0 Å². The molecule has 0 bridgehead atoms. The van der Waals surface area contributed by atoms with Crippen LogP contribution in [-0.4, -0.2) is 25.4 Å². The number of rotatable bonds is 3. The molecule has 5 unspecified atom stereocenters. The molecule has 0 aromatic heterocycles. The summed E-state index contributed by atoms with van der Waals surface area (Å²) in [5, 5.41) is 0. The number of hydrogen-bond donors (Lipinski definition) is 0. The van der Waals surface area contributed by atoms with Gasteiger partial charge in [-0.3, -0.25) is 0 Å². The highest BCUT2D eigenvalue weighted by atomic mass is 16.6. The van der Waals surface area contributed by atoms with E-state index >= 15 is 0 Å². The molecule has 2 heterocycles. The predicted octanol–water partition coefficient (Wildman–Crippen LogP) is 4.28. The third kappa shape index (κ3) is 2.85. The Labute approximate surface area is 119 Å². The quantitative estimate of drug-likeness (QED) is 0.760. The van der Waals surface area contributed by atoms with E-state index in [1.165, 1.54) is 12.8 Å². The third-order valence-corrected chi connectivity index (χ3v) is 6.04. The van der Waals surface area contributed by atoms with E-state index in [1.54, 1.807) is 0 Å². The standard InChI is InChI=1S/C17H32O2/c1-7-17(6,16(3,4)5)10-13-11-19-14-12(2)8-9-18-15(13)14/h12-15H,7-11H2,1-6H3. The summed E-state index contributed by atoms with van der Waals surface area (Å²) in [6.45, 7) is 16.0. The molecule has 0 aromatic rings. The molecule has 2 heteroatoms. The van der Waals surface area contributed by atoms with Gasteiger partial charge >= 0.3 is 0 Å². The lowest BCUT2D eigenvalue weighted by Crippen LogP contribution is -2.42. The van der Waals surface area contributed by atoms with E-state index in [1.807, 2.05) is 0 Å². The fraction of sp³-hybridized carbons (Fsp3) is 1.00. The molecule has 0 aromatic carbocycles. The molecule has 0 radical (unpaired) electrons. The van der Waals surface area contributed by atoms with Crippen molar-refractivity contribution in [1.82, 2.24) is 0 Å². The van der Waals surface area contributed by atoms with Crippen molar-refractivity contribution in [2.24, 2.45) is 22.7 Å². The van der Waals surface area contributed by atoms with Gasteiger partial charge in [0.05, 0.1) is 18.8 Å². The Bertz CT molecular complexity index is 307. The first-order valence-electron chi connectivity index (χ1n) is 8.02. The van der Waals surface area contributed by atoms with Crippen molar-refractivity contribution in [3.63, 3.8) is 0 Å². The Hall–Kier alpha value is -0.0800. The van der Waals surface area contributed by atoms with Gasteiger partial charge in [0.2, 0.25) is 0 Å². The van der Waals surface area contributed by atoms with Gasteiger partial charge in [-0.25, -0.2) is 0 Å². The van der Waals surface area contributed by atoms with E-state index in [2.05, 4.69) is 41.5 Å². The summed E-state index contributed by atoms with van der Waals surface area (Å²) in [6, 6.07) is 0. The van der Waals surface area contributed by atoms with E-state index < -0.39 is 0 Å². The fourth-order valence-electron chi connectivity index (χ4n) is 3.70. The first-order chi connectivity index (χ1) is 8.78. The molecule has 112 valence electrons. The van der Waals surface area contributed by atoms with Gasteiger partial charge in [0.25, 0.3) is 0 Å². The van der Waals surface area contributed by atoms with Crippen LogP contribution >= 0.6 is 0 Å². The number of ether oxygens (including phenoxy) is 2. The Morgan fingerprint density at radius 1 is 1.05 bits per heavy atom. The van der Waals surface area contributed by atoms with Gasteiger partial charge in [-0.05, 0) is 29.6 Å². The normalized spacial score (nSPS) is 38.8. The summed E-state index contributed by atoms with van der Waals surface area (Å²) in [5.41, 5.74) is 0.695. The highest BCUT2D eigenvalue weighted by molar-refractivity contribution is 4.95. The Morgan fingerprint density at radius 3 is 2.32 bits per heavy atom. The van der Waals surface area contributed by atoms with E-state index in [0.29, 0.717) is 34.9 Å². The third-order valence-electron chi connectivity index (χ3n) is 6.04. The maximum Gasteiger partial charge on any atom is 0.0889 e. The van der Waals surface area contributed by atoms with Gasteiger partial charge < -0.3 is 9.47 Å². The van der Waals surface area contributed by atoms with E-state index in [-0.39, 0.29) is 0 Å². The van der Waals surface area contributed by atoms with Crippen LogP contribution in [0.4, 0.5) is 0 Å². The largest absolute Gasteiger partial charge is 0.375 e. The Kier molecular flexibility index (Phi) is 4.32. The lowest BCUT2D eigenvalue weighted by atomic mass is 9.62. The first kappa shape index (κ1) is 15.3. The van der Waals surface area contributed by atoms with Gasteiger partial charge in [0, 0.05) is 12.5 Å². The van der Waals surface area contributed by atoms with Gasteiger partial charge in [-0.1, -0.05) is 48.0 Å². The van der Waals surface area contributed by atoms with Crippen LogP contribution in [0.2, 0.25) is 0 Å². The molecular weight excluding hydrogens is 236 g/mol. The summed E-state index contributed by atoms with van der Waals surface area (Å²) < 4.78 is 12.1. The summed E-state index contributed by atoms with van der Waals surface area (Å²) >= 11 is 0. The van der Waals surface area contributed by atoms with Crippen LogP contribution in [0, 0.1) is 22.7 Å². The molecule has 0 aliphatic carbocycles. The molecule has 2 nitrogen and oxygen atoms in total. The smallest absolute Gasteiger partial charge is 0.0889 e. The Morgan fingerprint density at radius 2 is 1.74 bits per heavy atom. The molecule has 0 N–H and O–H groups in total. The molecule has 19 heavy (non-hydrogen) atoms. The Balaban J connectivity index is 2.07. The van der Waals surface area contributed by atoms with Crippen molar-refractivity contribution in [3.05, 3.63) is 0 Å². The van der Waals surface area contributed by atoms with Gasteiger partial charge in [0.1, 0.15) is 0 Å². The van der Waals surface area contributed by atoms with Crippen LogP contribution in [0.3, 0.4) is 0 Å². The SMILES string of the molecule is CCC(C)(CC1COC2C(C)CCOC12)C(C)(C)C. The molecule has 2 fully saturated rings. The van der Waals surface area contributed by atoms with Crippen LogP contribution in [-0.2, 0) is 9.47 Å². The maximum absolute atomic E-state index is 6.06. The molecule has 5 atom stereocenters. The zero-order valence-corrected chi connectivity index (χ0v) is 13.7. The molecule has 2 aliphatic heterocycles. The molecule has 0 spiro atoms. The van der Waals surface area contributed by atoms with Crippen molar-refractivity contribution in [2.75, 3.05) is 13.2 Å². The summed E-state index contributed by atoms with van der Waals surface area (Å²) in [5.74, 6) is 1.24. The van der Waals surface area contributed by atoms with E-state index in [9.17, 15) is 0 Å². The average Bonchev–Trinajstić information content (AvgIpc) is 2.72. The van der Waals surface area contributed by atoms with Gasteiger partial charge in [-0.15, -0.1) is 0 Å². The van der Waals surface area contributed by atoms with Crippen LogP contribution in [0.25, 0.3) is 0 Å². The average molecular weight is 268 g/mol. The molecule has 2 aliphatic rings. The molecular formula is C17H32O2. The number of fused-ring (bicyclic) bond motifs is 1. The summed E-state index contributed by atoms with van der Waals surface area (Å²) in [7, 11) is 0. The van der Waals surface area contributed by atoms with Gasteiger partial charge in [0.15, 0.2) is 0 Å². The highest BCUT2D eigenvalue weighted by Gasteiger charge is 2.47. The van der Waals surface area contributed by atoms with Crippen LogP contribution in [0.5, 0.6) is 0 Å². The summed E-state index contributed by atoms with van der Waals surface area (Å²) in [6.07, 6.45) is 4.29. The van der Waals surface area contributed by atoms with Crippen LogP contribution in [0.15, 0.2) is 0 Å². The molecule has 2 saturated heterocycles. The molecule has 0 saturated carbocycles.